The molecule has 0 fully saturated rings. The SMILES string of the molecule is Cc1cnccc1-c1nc2c(c(=O)[nH]1)COCC2. The molecule has 5 nitrogen and oxygen atoms in total. The fraction of sp³-hybridized carbons (Fsp3) is 0.308. The Morgan fingerprint density at radius 2 is 2.33 bits per heavy atom. The molecule has 5 heteroatoms. The molecule has 0 atom stereocenters. The minimum absolute atomic E-state index is 0.106. The summed E-state index contributed by atoms with van der Waals surface area (Å²) in [6.07, 6.45) is 4.15. The van der Waals surface area contributed by atoms with E-state index in [1.807, 2.05) is 13.0 Å². The van der Waals surface area contributed by atoms with Crippen molar-refractivity contribution in [2.45, 2.75) is 20.0 Å². The summed E-state index contributed by atoms with van der Waals surface area (Å²) < 4.78 is 5.28. The minimum atomic E-state index is -0.106. The van der Waals surface area contributed by atoms with E-state index in [0.29, 0.717) is 31.0 Å². The van der Waals surface area contributed by atoms with Gasteiger partial charge < -0.3 is 9.72 Å². The van der Waals surface area contributed by atoms with Crippen LogP contribution in [-0.4, -0.2) is 21.6 Å². The van der Waals surface area contributed by atoms with Gasteiger partial charge in [-0.05, 0) is 18.6 Å². The number of aryl methyl sites for hydroxylation is 1. The Morgan fingerprint density at radius 3 is 3.17 bits per heavy atom. The molecule has 18 heavy (non-hydrogen) atoms. The first-order chi connectivity index (χ1) is 8.75. The highest BCUT2D eigenvalue weighted by Crippen LogP contribution is 2.19. The molecular formula is C13H13N3O2. The third-order valence-electron chi connectivity index (χ3n) is 3.11. The van der Waals surface area contributed by atoms with E-state index in [1.54, 1.807) is 12.4 Å². The molecule has 0 aliphatic carbocycles. The number of hydrogen-bond acceptors (Lipinski definition) is 4. The standard InChI is InChI=1S/C13H13N3O2/c1-8-6-14-4-2-9(8)12-15-11-3-5-18-7-10(11)13(17)16-12/h2,4,6H,3,5,7H2,1H3,(H,15,16,17). The third-order valence-corrected chi connectivity index (χ3v) is 3.11. The van der Waals surface area contributed by atoms with Crippen LogP contribution in [0.3, 0.4) is 0 Å². The van der Waals surface area contributed by atoms with Gasteiger partial charge in [-0.1, -0.05) is 0 Å². The number of H-pyrrole nitrogens is 1. The molecule has 2 aromatic heterocycles. The van der Waals surface area contributed by atoms with E-state index in [2.05, 4.69) is 15.0 Å². The number of nitrogens with zero attached hydrogens (tertiary/aromatic N) is 2. The Kier molecular flexibility index (Phi) is 2.68. The summed E-state index contributed by atoms with van der Waals surface area (Å²) in [6.45, 7) is 2.93. The first kappa shape index (κ1) is 11.1. The molecule has 0 saturated heterocycles. The fourth-order valence-electron chi connectivity index (χ4n) is 2.11. The van der Waals surface area contributed by atoms with Crippen molar-refractivity contribution in [3.05, 3.63) is 45.6 Å². The second-order valence-corrected chi connectivity index (χ2v) is 4.33. The number of rotatable bonds is 1. The number of pyridine rings is 1. The van der Waals surface area contributed by atoms with Crippen LogP contribution in [0, 0.1) is 6.92 Å². The Labute approximate surface area is 104 Å². The summed E-state index contributed by atoms with van der Waals surface area (Å²) in [5, 5.41) is 0. The number of fused-ring (bicyclic) bond motifs is 1. The van der Waals surface area contributed by atoms with Crippen molar-refractivity contribution in [2.24, 2.45) is 0 Å². The van der Waals surface area contributed by atoms with E-state index >= 15 is 0 Å². The molecule has 1 aliphatic rings. The highest BCUT2D eigenvalue weighted by atomic mass is 16.5. The van der Waals surface area contributed by atoms with Gasteiger partial charge in [-0.2, -0.15) is 0 Å². The average Bonchev–Trinajstić information content (AvgIpc) is 2.39. The molecule has 0 aromatic carbocycles. The summed E-state index contributed by atoms with van der Waals surface area (Å²) in [5.41, 5.74) is 3.29. The zero-order valence-corrected chi connectivity index (χ0v) is 10.1. The molecule has 3 rings (SSSR count). The average molecular weight is 243 g/mol. The Bertz CT molecular complexity index is 649. The van der Waals surface area contributed by atoms with E-state index in [9.17, 15) is 4.79 Å². The predicted octanol–water partition coefficient (Wildman–Crippen LogP) is 1.21. The molecule has 0 saturated carbocycles. The van der Waals surface area contributed by atoms with Crippen LogP contribution >= 0.6 is 0 Å². The van der Waals surface area contributed by atoms with Gasteiger partial charge in [0.15, 0.2) is 0 Å². The summed E-state index contributed by atoms with van der Waals surface area (Å²) in [5.74, 6) is 0.612. The minimum Gasteiger partial charge on any atom is -0.376 e. The Hall–Kier alpha value is -2.01. The van der Waals surface area contributed by atoms with Gasteiger partial charge >= 0.3 is 0 Å². The lowest BCUT2D eigenvalue weighted by Crippen LogP contribution is -2.24. The maximum Gasteiger partial charge on any atom is 0.256 e. The first-order valence-electron chi connectivity index (χ1n) is 5.86. The van der Waals surface area contributed by atoms with Crippen molar-refractivity contribution in [1.82, 2.24) is 15.0 Å². The third kappa shape index (κ3) is 1.82. The quantitative estimate of drug-likeness (QED) is 0.817. The van der Waals surface area contributed by atoms with Crippen molar-refractivity contribution >= 4 is 0 Å². The van der Waals surface area contributed by atoms with E-state index < -0.39 is 0 Å². The second kappa shape index (κ2) is 4.34. The maximum atomic E-state index is 12.0. The van der Waals surface area contributed by atoms with Crippen LogP contribution in [-0.2, 0) is 17.8 Å². The smallest absolute Gasteiger partial charge is 0.256 e. The first-order valence-corrected chi connectivity index (χ1v) is 5.86. The van der Waals surface area contributed by atoms with Crippen LogP contribution in [0.25, 0.3) is 11.4 Å². The van der Waals surface area contributed by atoms with Crippen LogP contribution in [0.2, 0.25) is 0 Å². The number of nitrogens with one attached hydrogen (secondary N) is 1. The van der Waals surface area contributed by atoms with Crippen molar-refractivity contribution in [3.63, 3.8) is 0 Å². The second-order valence-electron chi connectivity index (χ2n) is 4.33. The molecule has 1 aliphatic heterocycles. The summed E-state index contributed by atoms with van der Waals surface area (Å²) in [4.78, 5) is 23.4. The van der Waals surface area contributed by atoms with Gasteiger partial charge in [0.1, 0.15) is 5.82 Å². The topological polar surface area (TPSA) is 67.9 Å². The van der Waals surface area contributed by atoms with Crippen molar-refractivity contribution in [2.75, 3.05) is 6.61 Å². The van der Waals surface area contributed by atoms with Crippen molar-refractivity contribution < 1.29 is 4.74 Å². The van der Waals surface area contributed by atoms with Gasteiger partial charge in [0.05, 0.1) is 24.5 Å². The fourth-order valence-corrected chi connectivity index (χ4v) is 2.11. The lowest BCUT2D eigenvalue weighted by atomic mass is 10.1. The predicted molar refractivity (Wildman–Crippen MR) is 66.2 cm³/mol. The number of aromatic nitrogens is 3. The van der Waals surface area contributed by atoms with E-state index in [0.717, 1.165) is 16.8 Å². The molecule has 3 heterocycles. The summed E-state index contributed by atoms with van der Waals surface area (Å²) in [7, 11) is 0. The molecule has 92 valence electrons. The largest absolute Gasteiger partial charge is 0.376 e. The van der Waals surface area contributed by atoms with Gasteiger partial charge in [0.25, 0.3) is 5.56 Å². The highest BCUT2D eigenvalue weighted by molar-refractivity contribution is 5.58. The normalized spacial score (nSPS) is 14.3. The molecule has 0 amide bonds. The lowest BCUT2D eigenvalue weighted by molar-refractivity contribution is 0.108. The highest BCUT2D eigenvalue weighted by Gasteiger charge is 2.16. The van der Waals surface area contributed by atoms with Gasteiger partial charge in [0, 0.05) is 24.4 Å². The summed E-state index contributed by atoms with van der Waals surface area (Å²) in [6, 6.07) is 1.86. The van der Waals surface area contributed by atoms with Crippen molar-refractivity contribution in [1.29, 1.82) is 0 Å². The molecule has 0 bridgehead atoms. The van der Waals surface area contributed by atoms with Crippen molar-refractivity contribution in [3.8, 4) is 11.4 Å². The maximum absolute atomic E-state index is 12.0. The summed E-state index contributed by atoms with van der Waals surface area (Å²) >= 11 is 0. The number of ether oxygens (including phenoxy) is 1. The van der Waals surface area contributed by atoms with Gasteiger partial charge in [-0.15, -0.1) is 0 Å². The van der Waals surface area contributed by atoms with Crippen LogP contribution in [0.1, 0.15) is 16.8 Å². The van der Waals surface area contributed by atoms with Crippen LogP contribution in [0.5, 0.6) is 0 Å². The van der Waals surface area contributed by atoms with Gasteiger partial charge in [0.2, 0.25) is 0 Å². The molecule has 0 radical (unpaired) electrons. The molecule has 1 N–H and O–H groups in total. The van der Waals surface area contributed by atoms with E-state index in [4.69, 9.17) is 4.74 Å². The van der Waals surface area contributed by atoms with Crippen LogP contribution in [0.15, 0.2) is 23.3 Å². The lowest BCUT2D eigenvalue weighted by Gasteiger charge is -2.15. The van der Waals surface area contributed by atoms with E-state index in [-0.39, 0.29) is 5.56 Å². The van der Waals surface area contributed by atoms with Gasteiger partial charge in [-0.3, -0.25) is 9.78 Å². The molecule has 0 spiro atoms. The number of hydrogen-bond donors (Lipinski definition) is 1. The van der Waals surface area contributed by atoms with Crippen LogP contribution in [0.4, 0.5) is 0 Å². The molecule has 0 unspecified atom stereocenters. The van der Waals surface area contributed by atoms with E-state index in [1.165, 1.54) is 0 Å². The Morgan fingerprint density at radius 1 is 1.44 bits per heavy atom. The Balaban J connectivity index is 2.17. The zero-order chi connectivity index (χ0) is 12.5. The zero-order valence-electron chi connectivity index (χ0n) is 10.1. The number of aromatic amines is 1. The monoisotopic (exact) mass is 243 g/mol. The molecule has 2 aromatic rings. The van der Waals surface area contributed by atoms with Crippen LogP contribution < -0.4 is 5.56 Å². The molecular weight excluding hydrogens is 230 g/mol. The van der Waals surface area contributed by atoms with Gasteiger partial charge in [-0.25, -0.2) is 4.98 Å².